The van der Waals surface area contributed by atoms with Crippen LogP contribution in [-0.4, -0.2) is 46.4 Å². The molecule has 0 radical (unpaired) electrons. The van der Waals surface area contributed by atoms with Crippen molar-refractivity contribution < 1.29 is 23.8 Å². The number of halogens is 1. The highest BCUT2D eigenvalue weighted by molar-refractivity contribution is 5.68. The molecule has 1 N–H and O–H groups in total. The highest BCUT2D eigenvalue weighted by Crippen LogP contribution is 2.30. The number of likely N-dealkylation sites (tertiary alicyclic amines) is 1. The van der Waals surface area contributed by atoms with E-state index < -0.39 is 23.3 Å². The summed E-state index contributed by atoms with van der Waals surface area (Å²) in [5.74, 6) is -1.02. The van der Waals surface area contributed by atoms with Crippen LogP contribution in [0.1, 0.15) is 46.5 Å². The highest BCUT2D eigenvalue weighted by atomic mass is 19.1. The molecule has 19 heavy (non-hydrogen) atoms. The van der Waals surface area contributed by atoms with Crippen molar-refractivity contribution in [2.24, 2.45) is 0 Å². The lowest BCUT2D eigenvalue weighted by Gasteiger charge is -2.37. The summed E-state index contributed by atoms with van der Waals surface area (Å²) in [6.45, 7) is 5.62. The highest BCUT2D eigenvalue weighted by Gasteiger charge is 2.38. The summed E-state index contributed by atoms with van der Waals surface area (Å²) in [5, 5.41) is 8.61. The van der Waals surface area contributed by atoms with E-state index in [0.29, 0.717) is 19.4 Å². The number of alkyl halides is 1. The Balaban J connectivity index is 2.58. The quantitative estimate of drug-likeness (QED) is 0.859. The topological polar surface area (TPSA) is 66.8 Å². The largest absolute Gasteiger partial charge is 0.481 e. The molecule has 1 saturated heterocycles. The lowest BCUT2D eigenvalue weighted by Crippen LogP contribution is -2.49. The van der Waals surface area contributed by atoms with Gasteiger partial charge in [-0.05, 0) is 40.0 Å². The van der Waals surface area contributed by atoms with Crippen molar-refractivity contribution in [2.45, 2.75) is 57.7 Å². The van der Waals surface area contributed by atoms with Crippen molar-refractivity contribution in [2.75, 3.05) is 13.1 Å². The van der Waals surface area contributed by atoms with Crippen LogP contribution in [0, 0.1) is 0 Å². The number of carboxylic acid groups (broad SMARTS) is 1. The van der Waals surface area contributed by atoms with Crippen molar-refractivity contribution in [3.05, 3.63) is 0 Å². The molecule has 0 saturated carbocycles. The average molecular weight is 275 g/mol. The third kappa shape index (κ3) is 5.44. The molecule has 1 aliphatic heterocycles. The first-order chi connectivity index (χ1) is 8.61. The molecule has 6 heteroatoms. The molecule has 0 spiro atoms. The second-order valence-electron chi connectivity index (χ2n) is 6.05. The third-order valence-electron chi connectivity index (χ3n) is 2.97. The van der Waals surface area contributed by atoms with Gasteiger partial charge in [0.25, 0.3) is 0 Å². The van der Waals surface area contributed by atoms with Crippen molar-refractivity contribution in [1.29, 1.82) is 0 Å². The van der Waals surface area contributed by atoms with Crippen LogP contribution in [0.15, 0.2) is 0 Å². The number of amides is 1. The van der Waals surface area contributed by atoms with Crippen LogP contribution < -0.4 is 0 Å². The van der Waals surface area contributed by atoms with E-state index in [1.165, 1.54) is 4.90 Å². The second-order valence-corrected chi connectivity index (χ2v) is 6.05. The molecule has 0 aromatic heterocycles. The van der Waals surface area contributed by atoms with E-state index >= 15 is 0 Å². The molecule has 110 valence electrons. The number of hydrogen-bond donors (Lipinski definition) is 1. The molecular weight excluding hydrogens is 253 g/mol. The van der Waals surface area contributed by atoms with Crippen molar-refractivity contribution in [3.63, 3.8) is 0 Å². The number of piperidine rings is 1. The van der Waals surface area contributed by atoms with E-state index in [9.17, 15) is 14.0 Å². The van der Waals surface area contributed by atoms with E-state index in [1.807, 2.05) is 0 Å². The molecule has 0 aromatic carbocycles. The molecule has 5 nitrogen and oxygen atoms in total. The zero-order chi connectivity index (χ0) is 14.7. The molecule has 1 heterocycles. The van der Waals surface area contributed by atoms with Gasteiger partial charge in [0.2, 0.25) is 0 Å². The lowest BCUT2D eigenvalue weighted by molar-refractivity contribution is -0.138. The van der Waals surface area contributed by atoms with E-state index in [4.69, 9.17) is 9.84 Å². The van der Waals surface area contributed by atoms with Crippen molar-refractivity contribution in [3.8, 4) is 0 Å². The van der Waals surface area contributed by atoms with Gasteiger partial charge < -0.3 is 14.7 Å². The van der Waals surface area contributed by atoms with Gasteiger partial charge in [-0.1, -0.05) is 0 Å². The summed E-state index contributed by atoms with van der Waals surface area (Å²) >= 11 is 0. The summed E-state index contributed by atoms with van der Waals surface area (Å²) in [6.07, 6.45) is -0.0144. The van der Waals surface area contributed by atoms with E-state index in [1.54, 1.807) is 20.8 Å². The van der Waals surface area contributed by atoms with Crippen LogP contribution in [0.25, 0.3) is 0 Å². The Kier molecular flexibility index (Phi) is 4.76. The Morgan fingerprint density at radius 2 is 2.05 bits per heavy atom. The normalized spacial score (nSPS) is 24.1. The minimum atomic E-state index is -1.62. The van der Waals surface area contributed by atoms with Crippen LogP contribution in [0.2, 0.25) is 0 Å². The van der Waals surface area contributed by atoms with Crippen molar-refractivity contribution >= 4 is 12.1 Å². The Morgan fingerprint density at radius 3 is 2.58 bits per heavy atom. The van der Waals surface area contributed by atoms with Crippen LogP contribution in [-0.2, 0) is 9.53 Å². The van der Waals surface area contributed by atoms with Gasteiger partial charge in [0, 0.05) is 13.0 Å². The predicted octanol–water partition coefficient (Wildman–Crippen LogP) is 2.59. The fourth-order valence-electron chi connectivity index (χ4n) is 2.10. The van der Waals surface area contributed by atoms with Crippen LogP contribution in [0.4, 0.5) is 9.18 Å². The zero-order valence-electron chi connectivity index (χ0n) is 11.7. The first kappa shape index (κ1) is 15.7. The second kappa shape index (κ2) is 5.75. The number of carboxylic acids is 1. The maximum atomic E-state index is 14.5. The number of hydrogen-bond acceptors (Lipinski definition) is 3. The van der Waals surface area contributed by atoms with Crippen LogP contribution in [0.3, 0.4) is 0 Å². The Bertz CT molecular complexity index is 353. The maximum Gasteiger partial charge on any atom is 0.410 e. The monoisotopic (exact) mass is 275 g/mol. The van der Waals surface area contributed by atoms with Gasteiger partial charge in [0.05, 0.1) is 6.54 Å². The molecule has 1 aliphatic rings. The smallest absolute Gasteiger partial charge is 0.410 e. The average Bonchev–Trinajstić information content (AvgIpc) is 2.24. The van der Waals surface area contributed by atoms with Crippen LogP contribution in [0.5, 0.6) is 0 Å². The van der Waals surface area contributed by atoms with E-state index in [0.717, 1.165) is 0 Å². The standard InChI is InChI=1S/C13H22FNO4/c1-12(2,3)19-11(18)15-8-4-6-13(14,9-15)7-5-10(16)17/h4-9H2,1-3H3,(H,16,17). The number of rotatable bonds is 3. The van der Waals surface area contributed by atoms with Crippen molar-refractivity contribution in [1.82, 2.24) is 4.90 Å². The van der Waals surface area contributed by atoms with Gasteiger partial charge >= 0.3 is 12.1 Å². The number of aliphatic carboxylic acids is 1. The Hall–Kier alpha value is -1.33. The van der Waals surface area contributed by atoms with E-state index in [2.05, 4.69) is 0 Å². The number of nitrogens with zero attached hydrogens (tertiary/aromatic N) is 1. The number of carbonyl (C=O) groups excluding carboxylic acids is 1. The number of ether oxygens (including phenoxy) is 1. The molecule has 1 fully saturated rings. The summed E-state index contributed by atoms with van der Waals surface area (Å²) in [4.78, 5) is 23.7. The SMILES string of the molecule is CC(C)(C)OC(=O)N1CCCC(F)(CCC(=O)O)C1. The van der Waals surface area contributed by atoms with Gasteiger partial charge in [0.15, 0.2) is 0 Å². The van der Waals surface area contributed by atoms with Gasteiger partial charge in [-0.3, -0.25) is 4.79 Å². The molecule has 0 aliphatic carbocycles. The summed E-state index contributed by atoms with van der Waals surface area (Å²) < 4.78 is 19.7. The third-order valence-corrected chi connectivity index (χ3v) is 2.97. The fraction of sp³-hybridized carbons (Fsp3) is 0.846. The van der Waals surface area contributed by atoms with Gasteiger partial charge in [-0.15, -0.1) is 0 Å². The fourth-order valence-corrected chi connectivity index (χ4v) is 2.10. The summed E-state index contributed by atoms with van der Waals surface area (Å²) in [6, 6.07) is 0. The molecule has 1 unspecified atom stereocenters. The molecule has 1 amide bonds. The zero-order valence-corrected chi connectivity index (χ0v) is 11.7. The molecule has 1 atom stereocenters. The van der Waals surface area contributed by atoms with E-state index in [-0.39, 0.29) is 19.4 Å². The van der Waals surface area contributed by atoms with Gasteiger partial charge in [-0.2, -0.15) is 0 Å². The lowest BCUT2D eigenvalue weighted by atomic mass is 9.90. The molecular formula is C13H22FNO4. The Labute approximate surface area is 112 Å². The molecule has 0 bridgehead atoms. The number of carbonyl (C=O) groups is 2. The first-order valence-electron chi connectivity index (χ1n) is 6.50. The predicted molar refractivity (Wildman–Crippen MR) is 67.7 cm³/mol. The minimum Gasteiger partial charge on any atom is -0.481 e. The Morgan fingerprint density at radius 1 is 1.42 bits per heavy atom. The molecule has 1 rings (SSSR count). The first-order valence-corrected chi connectivity index (χ1v) is 6.50. The van der Waals surface area contributed by atoms with Crippen LogP contribution >= 0.6 is 0 Å². The minimum absolute atomic E-state index is 0.0678. The summed E-state index contributed by atoms with van der Waals surface area (Å²) in [7, 11) is 0. The summed E-state index contributed by atoms with van der Waals surface area (Å²) in [5.41, 5.74) is -2.23. The maximum absolute atomic E-state index is 14.5. The van der Waals surface area contributed by atoms with Gasteiger partial charge in [-0.25, -0.2) is 9.18 Å². The molecule has 0 aromatic rings. The van der Waals surface area contributed by atoms with Gasteiger partial charge in [0.1, 0.15) is 11.3 Å².